The molecule has 0 saturated carbocycles. The number of terminal acetylenes is 1. The van der Waals surface area contributed by atoms with Crippen molar-refractivity contribution >= 4 is 11.7 Å². The first kappa shape index (κ1) is 16.7. The highest BCUT2D eigenvalue weighted by molar-refractivity contribution is 5.92. The second kappa shape index (κ2) is 8.06. The van der Waals surface area contributed by atoms with Crippen LogP contribution in [0.4, 0.5) is 10.5 Å². The molecule has 120 valence electrons. The number of anilines is 1. The number of amides is 2. The largest absolute Gasteiger partial charge is 0.467 e. The lowest BCUT2D eigenvalue weighted by molar-refractivity contribution is 0.183. The number of hydrogen-bond donors (Lipinski definition) is 2. The molecule has 0 saturated heterocycles. The van der Waals surface area contributed by atoms with Crippen molar-refractivity contribution in [2.45, 2.75) is 26.0 Å². The molecule has 1 heterocycles. The van der Waals surface area contributed by atoms with Crippen molar-refractivity contribution in [2.24, 2.45) is 0 Å². The summed E-state index contributed by atoms with van der Waals surface area (Å²) in [6.07, 6.45) is 7.03. The number of benzene rings is 1. The molecule has 2 amide bonds. The van der Waals surface area contributed by atoms with Crippen molar-refractivity contribution in [1.82, 2.24) is 5.32 Å². The average molecular weight is 312 g/mol. The number of rotatable bonds is 6. The Labute approximate surface area is 135 Å². The highest BCUT2D eigenvalue weighted by Gasteiger charge is 2.17. The Morgan fingerprint density at radius 1 is 1.43 bits per heavy atom. The van der Waals surface area contributed by atoms with Crippen LogP contribution < -0.4 is 10.2 Å². The first-order valence-electron chi connectivity index (χ1n) is 7.42. The highest BCUT2D eigenvalue weighted by atomic mass is 16.3. The van der Waals surface area contributed by atoms with Crippen molar-refractivity contribution < 1.29 is 14.3 Å². The molecule has 5 nitrogen and oxygen atoms in total. The second-order valence-electron chi connectivity index (χ2n) is 5.23. The Balaban J connectivity index is 2.17. The third-order valence-corrected chi connectivity index (χ3v) is 3.30. The Morgan fingerprint density at radius 3 is 2.91 bits per heavy atom. The van der Waals surface area contributed by atoms with Gasteiger partial charge in [0.05, 0.1) is 18.9 Å². The van der Waals surface area contributed by atoms with E-state index in [1.54, 1.807) is 42.4 Å². The standard InChI is InChI=1S/C18H20N2O3/c1-3-15-6-4-7-16(12-15)20(13-17-8-5-11-23-17)18(22)19-10-9-14(2)21/h1,4-8,11-12,14,21H,9-10,13H2,2H3,(H,19,22)/t14-/m0/s1. The van der Waals surface area contributed by atoms with Crippen molar-refractivity contribution in [2.75, 3.05) is 11.4 Å². The van der Waals surface area contributed by atoms with E-state index in [9.17, 15) is 9.90 Å². The molecule has 5 heteroatoms. The van der Waals surface area contributed by atoms with Gasteiger partial charge in [0.25, 0.3) is 0 Å². The minimum Gasteiger partial charge on any atom is -0.467 e. The van der Waals surface area contributed by atoms with E-state index in [2.05, 4.69) is 11.2 Å². The molecule has 2 aromatic rings. The van der Waals surface area contributed by atoms with Crippen molar-refractivity contribution in [3.05, 3.63) is 54.0 Å². The fourth-order valence-corrected chi connectivity index (χ4v) is 2.09. The fraction of sp³-hybridized carbons (Fsp3) is 0.278. The zero-order chi connectivity index (χ0) is 16.7. The van der Waals surface area contributed by atoms with Gasteiger partial charge in [0.15, 0.2) is 0 Å². The van der Waals surface area contributed by atoms with Crippen LogP contribution in [-0.4, -0.2) is 23.8 Å². The summed E-state index contributed by atoms with van der Waals surface area (Å²) < 4.78 is 5.33. The molecule has 23 heavy (non-hydrogen) atoms. The van der Waals surface area contributed by atoms with Gasteiger partial charge in [-0.1, -0.05) is 12.0 Å². The summed E-state index contributed by atoms with van der Waals surface area (Å²) in [4.78, 5) is 14.0. The maximum absolute atomic E-state index is 12.5. The molecule has 0 aliphatic heterocycles. The van der Waals surface area contributed by atoms with Crippen LogP contribution in [0.1, 0.15) is 24.7 Å². The van der Waals surface area contributed by atoms with Crippen molar-refractivity contribution in [1.29, 1.82) is 0 Å². The summed E-state index contributed by atoms with van der Waals surface area (Å²) in [6.45, 7) is 2.37. The lowest BCUT2D eigenvalue weighted by Gasteiger charge is -2.22. The van der Waals surface area contributed by atoms with Crippen LogP contribution in [0.2, 0.25) is 0 Å². The highest BCUT2D eigenvalue weighted by Crippen LogP contribution is 2.19. The quantitative estimate of drug-likeness (QED) is 0.806. The predicted octanol–water partition coefficient (Wildman–Crippen LogP) is 2.75. The van der Waals surface area contributed by atoms with E-state index in [1.807, 2.05) is 12.1 Å². The minimum atomic E-state index is -0.460. The summed E-state index contributed by atoms with van der Waals surface area (Å²) in [5.74, 6) is 3.23. The number of hydrogen-bond acceptors (Lipinski definition) is 3. The molecule has 0 fully saturated rings. The van der Waals surface area contributed by atoms with E-state index in [4.69, 9.17) is 10.8 Å². The smallest absolute Gasteiger partial charge is 0.322 e. The number of furan rings is 1. The van der Waals surface area contributed by atoms with Crippen molar-refractivity contribution in [3.63, 3.8) is 0 Å². The molecule has 0 radical (unpaired) electrons. The summed E-state index contributed by atoms with van der Waals surface area (Å²) in [7, 11) is 0. The number of aliphatic hydroxyl groups is 1. The van der Waals surface area contributed by atoms with Gasteiger partial charge in [0.1, 0.15) is 5.76 Å². The number of carbonyl (C=O) groups excluding carboxylic acids is 1. The van der Waals surface area contributed by atoms with Crippen LogP contribution >= 0.6 is 0 Å². The van der Waals surface area contributed by atoms with E-state index in [0.29, 0.717) is 36.5 Å². The van der Waals surface area contributed by atoms with Crippen LogP contribution in [0.5, 0.6) is 0 Å². The molecule has 0 aliphatic rings. The summed E-state index contributed by atoms with van der Waals surface area (Å²) in [5.41, 5.74) is 1.38. The zero-order valence-electron chi connectivity index (χ0n) is 13.0. The van der Waals surface area contributed by atoms with Crippen LogP contribution in [0.25, 0.3) is 0 Å². The summed E-state index contributed by atoms with van der Waals surface area (Å²) >= 11 is 0. The van der Waals surface area contributed by atoms with Crippen LogP contribution in [0.3, 0.4) is 0 Å². The number of nitrogens with one attached hydrogen (secondary N) is 1. The van der Waals surface area contributed by atoms with E-state index < -0.39 is 6.10 Å². The molecule has 0 bridgehead atoms. The number of carbonyl (C=O) groups is 1. The second-order valence-corrected chi connectivity index (χ2v) is 5.23. The lowest BCUT2D eigenvalue weighted by Crippen LogP contribution is -2.40. The molecular weight excluding hydrogens is 292 g/mol. The fourth-order valence-electron chi connectivity index (χ4n) is 2.09. The van der Waals surface area contributed by atoms with Gasteiger partial charge >= 0.3 is 6.03 Å². The van der Waals surface area contributed by atoms with Crippen LogP contribution in [0, 0.1) is 12.3 Å². The van der Waals surface area contributed by atoms with E-state index in [-0.39, 0.29) is 6.03 Å². The third-order valence-electron chi connectivity index (χ3n) is 3.30. The normalized spacial score (nSPS) is 11.5. The summed E-state index contributed by atoms with van der Waals surface area (Å²) in [5, 5.41) is 12.1. The van der Waals surface area contributed by atoms with Gasteiger partial charge in [-0.25, -0.2) is 4.79 Å². The number of aliphatic hydroxyl groups excluding tert-OH is 1. The van der Waals surface area contributed by atoms with Crippen LogP contribution in [-0.2, 0) is 6.54 Å². The maximum atomic E-state index is 12.5. The SMILES string of the molecule is C#Cc1cccc(N(Cc2ccco2)C(=O)NCC[C@H](C)O)c1. The Bertz CT molecular complexity index is 672. The van der Waals surface area contributed by atoms with Crippen LogP contribution in [0.15, 0.2) is 47.1 Å². The van der Waals surface area contributed by atoms with Gasteiger partial charge in [-0.15, -0.1) is 6.42 Å². The zero-order valence-corrected chi connectivity index (χ0v) is 13.0. The van der Waals surface area contributed by atoms with Crippen molar-refractivity contribution in [3.8, 4) is 12.3 Å². The maximum Gasteiger partial charge on any atom is 0.322 e. The molecule has 2 rings (SSSR count). The molecule has 2 N–H and O–H groups in total. The number of urea groups is 1. The topological polar surface area (TPSA) is 65.7 Å². The van der Waals surface area contributed by atoms with Gasteiger partial charge in [-0.05, 0) is 43.7 Å². The van der Waals surface area contributed by atoms with E-state index in [0.717, 1.165) is 0 Å². The van der Waals surface area contributed by atoms with Gasteiger partial charge in [0, 0.05) is 17.8 Å². The average Bonchev–Trinajstić information content (AvgIpc) is 3.05. The molecule has 0 aliphatic carbocycles. The Hall–Kier alpha value is -2.71. The first-order valence-corrected chi connectivity index (χ1v) is 7.42. The minimum absolute atomic E-state index is 0.267. The Kier molecular flexibility index (Phi) is 5.84. The molecular formula is C18H20N2O3. The van der Waals surface area contributed by atoms with E-state index >= 15 is 0 Å². The summed E-state index contributed by atoms with van der Waals surface area (Å²) in [6, 6.07) is 10.5. The third kappa shape index (κ3) is 4.90. The predicted molar refractivity (Wildman–Crippen MR) is 89.0 cm³/mol. The van der Waals surface area contributed by atoms with E-state index in [1.165, 1.54) is 0 Å². The van der Waals surface area contributed by atoms with Gasteiger partial charge < -0.3 is 14.8 Å². The molecule has 1 aromatic heterocycles. The molecule has 0 spiro atoms. The molecule has 0 unspecified atom stereocenters. The number of nitrogens with zero attached hydrogens (tertiary/aromatic N) is 1. The monoisotopic (exact) mass is 312 g/mol. The van der Waals surface area contributed by atoms with Gasteiger partial charge in [-0.3, -0.25) is 4.90 Å². The van der Waals surface area contributed by atoms with Gasteiger partial charge in [0.2, 0.25) is 0 Å². The first-order chi connectivity index (χ1) is 11.1. The van der Waals surface area contributed by atoms with Gasteiger partial charge in [-0.2, -0.15) is 0 Å². The molecule has 1 atom stereocenters. The lowest BCUT2D eigenvalue weighted by atomic mass is 10.2. The Morgan fingerprint density at radius 2 is 2.26 bits per heavy atom. The molecule has 1 aromatic carbocycles.